The van der Waals surface area contributed by atoms with Crippen LogP contribution in [0, 0.1) is 0 Å². The van der Waals surface area contributed by atoms with Crippen LogP contribution in [0.5, 0.6) is 5.75 Å². The predicted octanol–water partition coefficient (Wildman–Crippen LogP) is 4.43. The number of rotatable bonds is 6. The van der Waals surface area contributed by atoms with Crippen LogP contribution in [0.1, 0.15) is 18.1 Å². The number of carbonyl (C=O) groups excluding carboxylic acids is 3. The molecule has 7 heteroatoms. The van der Waals surface area contributed by atoms with Gasteiger partial charge in [-0.05, 0) is 63.9 Å². The van der Waals surface area contributed by atoms with Crippen LogP contribution in [0.25, 0.3) is 21.5 Å². The number of fused-ring (bicyclic) bond motifs is 2. The Morgan fingerprint density at radius 1 is 0.917 bits per heavy atom. The Morgan fingerprint density at radius 2 is 1.58 bits per heavy atom. The number of ether oxygens (including phenoxy) is 1. The van der Waals surface area contributed by atoms with Gasteiger partial charge in [-0.1, -0.05) is 54.6 Å². The number of methoxy groups -OCH3 is 1. The number of carbonyl (C=O) groups is 3. The molecule has 182 valence electrons. The van der Waals surface area contributed by atoms with Crippen LogP contribution >= 0.6 is 0 Å². The molecule has 4 aromatic rings. The van der Waals surface area contributed by atoms with Crippen LogP contribution in [0.2, 0.25) is 0 Å². The summed E-state index contributed by atoms with van der Waals surface area (Å²) in [7, 11) is 3.30. The first-order chi connectivity index (χ1) is 17.3. The number of amides is 4. The highest BCUT2D eigenvalue weighted by atomic mass is 16.5. The van der Waals surface area contributed by atoms with Crippen molar-refractivity contribution in [1.82, 2.24) is 15.1 Å². The second-order valence-electron chi connectivity index (χ2n) is 9.31. The lowest BCUT2D eigenvalue weighted by Gasteiger charge is -2.24. The van der Waals surface area contributed by atoms with Gasteiger partial charge < -0.3 is 15.0 Å². The molecule has 1 fully saturated rings. The number of urea groups is 1. The largest absolute Gasteiger partial charge is 0.497 e. The monoisotopic (exact) mass is 481 g/mol. The molecule has 7 nitrogen and oxygen atoms in total. The first kappa shape index (κ1) is 23.4. The van der Waals surface area contributed by atoms with Crippen molar-refractivity contribution in [3.05, 3.63) is 90.0 Å². The number of likely N-dealkylation sites (N-methyl/N-ethyl adjacent to an activating group) is 1. The maximum atomic E-state index is 13.4. The van der Waals surface area contributed by atoms with Crippen LogP contribution in [0.15, 0.2) is 78.9 Å². The van der Waals surface area contributed by atoms with E-state index in [0.717, 1.165) is 37.8 Å². The molecule has 0 spiro atoms. The summed E-state index contributed by atoms with van der Waals surface area (Å²) in [5, 5.41) is 6.89. The van der Waals surface area contributed by atoms with E-state index in [1.807, 2.05) is 78.9 Å². The third-order valence-corrected chi connectivity index (χ3v) is 6.85. The Kier molecular flexibility index (Phi) is 5.84. The normalized spacial score (nSPS) is 17.5. The van der Waals surface area contributed by atoms with Gasteiger partial charge in [0.2, 0.25) is 5.91 Å². The van der Waals surface area contributed by atoms with Gasteiger partial charge in [0, 0.05) is 13.6 Å². The first-order valence-electron chi connectivity index (χ1n) is 11.7. The summed E-state index contributed by atoms with van der Waals surface area (Å²) in [4.78, 5) is 41.6. The highest BCUT2D eigenvalue weighted by Crippen LogP contribution is 2.31. The molecule has 1 N–H and O–H groups in total. The quantitative estimate of drug-likeness (QED) is 0.414. The minimum absolute atomic E-state index is 0.323. The number of nitrogens with zero attached hydrogens (tertiary/aromatic N) is 2. The maximum absolute atomic E-state index is 13.4. The zero-order valence-corrected chi connectivity index (χ0v) is 20.4. The molecule has 0 aromatic heterocycles. The van der Waals surface area contributed by atoms with Crippen molar-refractivity contribution in [2.45, 2.75) is 19.0 Å². The van der Waals surface area contributed by atoms with Gasteiger partial charge >= 0.3 is 6.03 Å². The summed E-state index contributed by atoms with van der Waals surface area (Å²) in [5.41, 5.74) is 0.386. The van der Waals surface area contributed by atoms with Gasteiger partial charge in [-0.25, -0.2) is 4.79 Å². The molecule has 0 radical (unpaired) electrons. The van der Waals surface area contributed by atoms with E-state index in [0.29, 0.717) is 12.1 Å². The Hall–Kier alpha value is -4.39. The zero-order valence-electron chi connectivity index (χ0n) is 20.4. The van der Waals surface area contributed by atoms with Gasteiger partial charge in [0.1, 0.15) is 17.8 Å². The van der Waals surface area contributed by atoms with Gasteiger partial charge in [-0.3, -0.25) is 14.5 Å². The van der Waals surface area contributed by atoms with Crippen molar-refractivity contribution >= 4 is 39.4 Å². The Morgan fingerprint density at radius 3 is 2.36 bits per heavy atom. The van der Waals surface area contributed by atoms with Crippen molar-refractivity contribution in [3.8, 4) is 5.75 Å². The number of hydrogen-bond acceptors (Lipinski definition) is 4. The van der Waals surface area contributed by atoms with Crippen LogP contribution < -0.4 is 10.1 Å². The number of hydrogen-bond donors (Lipinski definition) is 1. The van der Waals surface area contributed by atoms with E-state index < -0.39 is 17.5 Å². The summed E-state index contributed by atoms with van der Waals surface area (Å²) < 4.78 is 5.27. The smallest absolute Gasteiger partial charge is 0.325 e. The summed E-state index contributed by atoms with van der Waals surface area (Å²) in [5.74, 6) is 0.0204. The SMILES string of the molecule is COc1ccc2cc(CN(C)C(=O)CN3C(=O)NC(C)(c4ccc5ccccc5c4)C3=O)ccc2c1. The molecule has 5 rings (SSSR count). The Bertz CT molecular complexity index is 1520. The average Bonchev–Trinajstić information content (AvgIpc) is 3.11. The Labute approximate surface area is 209 Å². The molecule has 4 amide bonds. The third kappa shape index (κ3) is 4.13. The summed E-state index contributed by atoms with van der Waals surface area (Å²) in [6.45, 7) is 1.71. The highest BCUT2D eigenvalue weighted by molar-refractivity contribution is 6.09. The number of imide groups is 1. The van der Waals surface area contributed by atoms with Crippen molar-refractivity contribution in [1.29, 1.82) is 0 Å². The molecule has 4 aromatic carbocycles. The number of benzene rings is 4. The van der Waals surface area contributed by atoms with E-state index >= 15 is 0 Å². The molecule has 1 unspecified atom stereocenters. The molecular weight excluding hydrogens is 454 g/mol. The van der Waals surface area contributed by atoms with Crippen molar-refractivity contribution in [2.24, 2.45) is 0 Å². The fourth-order valence-corrected chi connectivity index (χ4v) is 4.65. The molecule has 1 atom stereocenters. The molecule has 0 aliphatic carbocycles. The molecule has 1 aliphatic heterocycles. The van der Waals surface area contributed by atoms with E-state index in [-0.39, 0.29) is 12.5 Å². The van der Waals surface area contributed by atoms with Crippen LogP contribution in [0.3, 0.4) is 0 Å². The minimum atomic E-state index is -1.24. The zero-order chi connectivity index (χ0) is 25.4. The van der Waals surface area contributed by atoms with Crippen molar-refractivity contribution in [3.63, 3.8) is 0 Å². The third-order valence-electron chi connectivity index (χ3n) is 6.85. The van der Waals surface area contributed by atoms with E-state index in [1.165, 1.54) is 4.90 Å². The van der Waals surface area contributed by atoms with Gasteiger partial charge in [-0.2, -0.15) is 0 Å². The van der Waals surface area contributed by atoms with E-state index in [9.17, 15) is 14.4 Å². The Balaban J connectivity index is 1.30. The molecule has 1 saturated heterocycles. The van der Waals surface area contributed by atoms with E-state index in [2.05, 4.69) is 5.32 Å². The molecular formula is C29H27N3O4. The molecule has 0 saturated carbocycles. The standard InChI is InChI=1S/C29H27N3O4/c1-29(24-12-10-20-6-4-5-7-21(20)15-24)27(34)32(28(35)30-29)18-26(33)31(2)17-19-8-9-23-16-25(36-3)13-11-22(23)14-19/h4-16H,17-18H2,1-3H3,(H,30,35). The van der Waals surface area contributed by atoms with E-state index in [4.69, 9.17) is 4.74 Å². The minimum Gasteiger partial charge on any atom is -0.497 e. The van der Waals surface area contributed by atoms with Crippen molar-refractivity contribution in [2.75, 3.05) is 20.7 Å². The van der Waals surface area contributed by atoms with Crippen molar-refractivity contribution < 1.29 is 19.1 Å². The van der Waals surface area contributed by atoms with Crippen LogP contribution in [0.4, 0.5) is 4.79 Å². The summed E-state index contributed by atoms with van der Waals surface area (Å²) in [6.07, 6.45) is 0. The molecule has 1 heterocycles. The van der Waals surface area contributed by atoms with Crippen LogP contribution in [-0.2, 0) is 21.7 Å². The lowest BCUT2D eigenvalue weighted by molar-refractivity contribution is -0.138. The van der Waals surface area contributed by atoms with Crippen LogP contribution in [-0.4, -0.2) is 48.3 Å². The fraction of sp³-hybridized carbons (Fsp3) is 0.207. The second-order valence-corrected chi connectivity index (χ2v) is 9.31. The molecule has 1 aliphatic rings. The predicted molar refractivity (Wildman–Crippen MR) is 139 cm³/mol. The summed E-state index contributed by atoms with van der Waals surface area (Å²) >= 11 is 0. The lowest BCUT2D eigenvalue weighted by Crippen LogP contribution is -2.43. The molecule has 0 bridgehead atoms. The van der Waals surface area contributed by atoms with Gasteiger partial charge in [0.25, 0.3) is 5.91 Å². The van der Waals surface area contributed by atoms with Gasteiger partial charge in [-0.15, -0.1) is 0 Å². The van der Waals surface area contributed by atoms with Gasteiger partial charge in [0.05, 0.1) is 7.11 Å². The highest BCUT2D eigenvalue weighted by Gasteiger charge is 2.49. The topological polar surface area (TPSA) is 79.0 Å². The second kappa shape index (κ2) is 9.00. The lowest BCUT2D eigenvalue weighted by atomic mass is 9.90. The first-order valence-corrected chi connectivity index (χ1v) is 11.7. The average molecular weight is 482 g/mol. The fourth-order valence-electron chi connectivity index (χ4n) is 4.65. The number of nitrogens with one attached hydrogen (secondary N) is 1. The maximum Gasteiger partial charge on any atom is 0.325 e. The molecule has 36 heavy (non-hydrogen) atoms. The van der Waals surface area contributed by atoms with Gasteiger partial charge in [0.15, 0.2) is 0 Å². The van der Waals surface area contributed by atoms with E-state index in [1.54, 1.807) is 21.1 Å². The summed E-state index contributed by atoms with van der Waals surface area (Å²) in [6, 6.07) is 24.7.